The van der Waals surface area contributed by atoms with Crippen LogP contribution in [0.3, 0.4) is 0 Å². The minimum absolute atomic E-state index is 0.598. The number of nitrogens with one attached hydrogen (secondary N) is 1. The van der Waals surface area contributed by atoms with Gasteiger partial charge in [0.2, 0.25) is 0 Å². The second-order valence-electron chi connectivity index (χ2n) is 7.27. The number of aryl methyl sites for hydroxylation is 1. The van der Waals surface area contributed by atoms with Crippen LogP contribution in [0, 0.1) is 6.92 Å². The molecule has 1 fully saturated rings. The zero-order chi connectivity index (χ0) is 20.6. The quantitative estimate of drug-likeness (QED) is 0.582. The molecule has 2 aromatic rings. The lowest BCUT2D eigenvalue weighted by molar-refractivity contribution is 0.0368. The van der Waals surface area contributed by atoms with E-state index >= 15 is 0 Å². The summed E-state index contributed by atoms with van der Waals surface area (Å²) in [6.45, 7) is 8.38. The van der Waals surface area contributed by atoms with Gasteiger partial charge < -0.3 is 15.0 Å². The van der Waals surface area contributed by atoms with Crippen LogP contribution in [-0.4, -0.2) is 54.3 Å². The number of ether oxygens (including phenoxy) is 1. The van der Waals surface area contributed by atoms with Crippen LogP contribution in [0.25, 0.3) is 0 Å². The molecule has 29 heavy (non-hydrogen) atoms. The molecule has 4 nitrogen and oxygen atoms in total. The number of hydrogen-bond donors (Lipinski definition) is 1. The Kier molecular flexibility index (Phi) is 8.57. The molecular formula is C22H27Cl2N3OS. The van der Waals surface area contributed by atoms with Crippen molar-refractivity contribution < 1.29 is 4.74 Å². The average molecular weight is 452 g/mol. The van der Waals surface area contributed by atoms with Crippen LogP contribution < -0.4 is 5.32 Å². The Bertz CT molecular complexity index is 827. The minimum Gasteiger partial charge on any atom is -0.379 e. The lowest BCUT2D eigenvalue weighted by Gasteiger charge is -2.30. The third-order valence-electron chi connectivity index (χ3n) is 4.92. The van der Waals surface area contributed by atoms with Gasteiger partial charge in [0, 0.05) is 37.7 Å². The summed E-state index contributed by atoms with van der Waals surface area (Å²) in [5.41, 5.74) is 3.21. The third kappa shape index (κ3) is 7.12. The molecule has 1 N–H and O–H groups in total. The summed E-state index contributed by atoms with van der Waals surface area (Å²) in [7, 11) is 0. The first-order valence-electron chi connectivity index (χ1n) is 9.88. The zero-order valence-corrected chi connectivity index (χ0v) is 19.0. The smallest absolute Gasteiger partial charge is 0.173 e. The van der Waals surface area contributed by atoms with Crippen molar-refractivity contribution in [1.82, 2.24) is 9.80 Å². The van der Waals surface area contributed by atoms with Gasteiger partial charge in [-0.1, -0.05) is 53.0 Å². The molecule has 1 saturated heterocycles. The Morgan fingerprint density at radius 2 is 1.97 bits per heavy atom. The van der Waals surface area contributed by atoms with Gasteiger partial charge in [0.05, 0.1) is 23.9 Å². The summed E-state index contributed by atoms with van der Waals surface area (Å²) in [4.78, 5) is 4.64. The fourth-order valence-electron chi connectivity index (χ4n) is 3.38. The summed E-state index contributed by atoms with van der Waals surface area (Å²) < 4.78 is 5.44. The molecule has 3 rings (SSSR count). The standard InChI is InChI=1S/C22H27Cl2N3OS/c1-17-4-2-5-18(14-17)16-27(9-3-8-26-10-12-28-13-11-26)22(29)25-21-15-19(23)6-7-20(21)24/h2,4-7,14-15H,3,8-13,16H2,1H3,(H,25,29). The van der Waals surface area contributed by atoms with E-state index in [1.54, 1.807) is 18.2 Å². The Morgan fingerprint density at radius 3 is 2.72 bits per heavy atom. The molecule has 156 valence electrons. The third-order valence-corrected chi connectivity index (χ3v) is 5.84. The fourth-order valence-corrected chi connectivity index (χ4v) is 3.98. The molecule has 1 aliphatic heterocycles. The fraction of sp³-hybridized carbons (Fsp3) is 0.409. The lowest BCUT2D eigenvalue weighted by Crippen LogP contribution is -2.40. The monoisotopic (exact) mass is 451 g/mol. The molecule has 7 heteroatoms. The second-order valence-corrected chi connectivity index (χ2v) is 8.50. The molecule has 1 heterocycles. The van der Waals surface area contributed by atoms with Gasteiger partial charge in [-0.2, -0.15) is 0 Å². The number of nitrogens with zero attached hydrogens (tertiary/aromatic N) is 2. The van der Waals surface area contributed by atoms with Gasteiger partial charge in [-0.15, -0.1) is 0 Å². The van der Waals surface area contributed by atoms with E-state index in [0.29, 0.717) is 15.2 Å². The Balaban J connectivity index is 1.66. The van der Waals surface area contributed by atoms with Crippen molar-refractivity contribution in [2.45, 2.75) is 19.9 Å². The molecule has 0 radical (unpaired) electrons. The molecule has 0 atom stereocenters. The summed E-state index contributed by atoms with van der Waals surface area (Å²) in [5, 5.41) is 5.15. The van der Waals surface area contributed by atoms with E-state index in [-0.39, 0.29) is 0 Å². The van der Waals surface area contributed by atoms with Gasteiger partial charge in [0.25, 0.3) is 0 Å². The Morgan fingerprint density at radius 1 is 1.17 bits per heavy atom. The summed E-state index contributed by atoms with van der Waals surface area (Å²) in [6, 6.07) is 13.9. The van der Waals surface area contributed by atoms with Gasteiger partial charge in [0.1, 0.15) is 0 Å². The Hall–Kier alpha value is -1.37. The van der Waals surface area contributed by atoms with Crippen molar-refractivity contribution in [3.8, 4) is 0 Å². The van der Waals surface area contributed by atoms with E-state index in [1.165, 1.54) is 11.1 Å². The molecule has 2 aromatic carbocycles. The van der Waals surface area contributed by atoms with E-state index in [2.05, 4.69) is 46.3 Å². The number of halogens is 2. The minimum atomic E-state index is 0.598. The van der Waals surface area contributed by atoms with Crippen LogP contribution in [0.1, 0.15) is 17.5 Å². The number of morpholine rings is 1. The largest absolute Gasteiger partial charge is 0.379 e. The summed E-state index contributed by atoms with van der Waals surface area (Å²) >= 11 is 18.2. The predicted octanol–water partition coefficient (Wildman–Crippen LogP) is 5.22. The van der Waals surface area contributed by atoms with Gasteiger partial charge in [-0.05, 0) is 49.3 Å². The highest BCUT2D eigenvalue weighted by Crippen LogP contribution is 2.26. The number of rotatable bonds is 7. The molecule has 0 amide bonds. The van der Waals surface area contributed by atoms with E-state index in [9.17, 15) is 0 Å². The first-order valence-corrected chi connectivity index (χ1v) is 11.0. The van der Waals surface area contributed by atoms with Crippen molar-refractivity contribution in [2.24, 2.45) is 0 Å². The highest BCUT2D eigenvalue weighted by Gasteiger charge is 2.15. The van der Waals surface area contributed by atoms with Crippen molar-refractivity contribution in [1.29, 1.82) is 0 Å². The highest BCUT2D eigenvalue weighted by molar-refractivity contribution is 7.80. The lowest BCUT2D eigenvalue weighted by atomic mass is 10.1. The second kappa shape index (κ2) is 11.1. The van der Waals surface area contributed by atoms with Gasteiger partial charge in [0.15, 0.2) is 5.11 Å². The van der Waals surface area contributed by atoms with E-state index < -0.39 is 0 Å². The van der Waals surface area contributed by atoms with Crippen molar-refractivity contribution >= 4 is 46.2 Å². The normalized spacial score (nSPS) is 14.6. The molecule has 0 spiro atoms. The molecule has 0 saturated carbocycles. The highest BCUT2D eigenvalue weighted by atomic mass is 35.5. The topological polar surface area (TPSA) is 27.7 Å². The molecule has 0 bridgehead atoms. The van der Waals surface area contributed by atoms with E-state index in [1.807, 2.05) is 0 Å². The molecular weight excluding hydrogens is 425 g/mol. The van der Waals surface area contributed by atoms with Crippen molar-refractivity contribution in [3.63, 3.8) is 0 Å². The Labute approximate surface area is 188 Å². The molecule has 1 aliphatic rings. The van der Waals surface area contributed by atoms with Crippen LogP contribution >= 0.6 is 35.4 Å². The van der Waals surface area contributed by atoms with Crippen LogP contribution in [0.15, 0.2) is 42.5 Å². The molecule has 0 unspecified atom stereocenters. The van der Waals surface area contributed by atoms with E-state index in [4.69, 9.17) is 40.2 Å². The molecule has 0 aliphatic carbocycles. The molecule has 0 aromatic heterocycles. The number of anilines is 1. The van der Waals surface area contributed by atoms with Crippen molar-refractivity contribution in [3.05, 3.63) is 63.6 Å². The number of hydrogen-bond acceptors (Lipinski definition) is 3. The van der Waals surface area contributed by atoms with Crippen LogP contribution in [0.4, 0.5) is 5.69 Å². The summed E-state index contributed by atoms with van der Waals surface area (Å²) in [5.74, 6) is 0. The zero-order valence-electron chi connectivity index (χ0n) is 16.7. The van der Waals surface area contributed by atoms with Gasteiger partial charge >= 0.3 is 0 Å². The van der Waals surface area contributed by atoms with Crippen LogP contribution in [0.5, 0.6) is 0 Å². The maximum atomic E-state index is 6.31. The maximum Gasteiger partial charge on any atom is 0.173 e. The first-order chi connectivity index (χ1) is 14.0. The van der Waals surface area contributed by atoms with Crippen molar-refractivity contribution in [2.75, 3.05) is 44.7 Å². The average Bonchev–Trinajstić information content (AvgIpc) is 2.71. The number of benzene rings is 2. The first kappa shape index (κ1) is 22.3. The van der Waals surface area contributed by atoms with E-state index in [0.717, 1.165) is 58.0 Å². The van der Waals surface area contributed by atoms with Gasteiger partial charge in [-0.3, -0.25) is 4.90 Å². The number of thiocarbonyl (C=S) groups is 1. The SMILES string of the molecule is Cc1cccc(CN(CCCN2CCOCC2)C(=S)Nc2cc(Cl)ccc2Cl)c1. The van der Waals surface area contributed by atoms with Crippen LogP contribution in [-0.2, 0) is 11.3 Å². The van der Waals surface area contributed by atoms with Gasteiger partial charge in [-0.25, -0.2) is 0 Å². The summed E-state index contributed by atoms with van der Waals surface area (Å²) in [6.07, 6.45) is 1.02. The maximum absolute atomic E-state index is 6.31. The van der Waals surface area contributed by atoms with Crippen LogP contribution in [0.2, 0.25) is 10.0 Å². The predicted molar refractivity (Wildman–Crippen MR) is 126 cm³/mol.